The molecule has 1 rings (SSSR count). The summed E-state index contributed by atoms with van der Waals surface area (Å²) in [5.74, 6) is -0.00436. The van der Waals surface area contributed by atoms with Gasteiger partial charge in [0, 0.05) is 31.9 Å². The fourth-order valence-corrected chi connectivity index (χ4v) is 3.08. The van der Waals surface area contributed by atoms with Crippen LogP contribution in [0.5, 0.6) is 0 Å². The molecule has 1 heterocycles. The van der Waals surface area contributed by atoms with Crippen LogP contribution in [0.25, 0.3) is 0 Å². The van der Waals surface area contributed by atoms with Crippen molar-refractivity contribution in [3.63, 3.8) is 0 Å². The number of hydrogen-bond acceptors (Lipinski definition) is 5. The van der Waals surface area contributed by atoms with E-state index in [1.807, 2.05) is 6.07 Å². The molecule has 21 heavy (non-hydrogen) atoms. The van der Waals surface area contributed by atoms with E-state index in [0.29, 0.717) is 0 Å². The predicted octanol–water partition coefficient (Wildman–Crippen LogP) is 1.15. The maximum absolute atomic E-state index is 12.6. The van der Waals surface area contributed by atoms with Crippen molar-refractivity contribution in [1.29, 1.82) is 0 Å². The lowest BCUT2D eigenvalue weighted by atomic mass is 10.3. The van der Waals surface area contributed by atoms with E-state index in [0.717, 1.165) is 5.56 Å². The third-order valence-corrected chi connectivity index (χ3v) is 5.48. The van der Waals surface area contributed by atoms with Crippen molar-refractivity contribution >= 4 is 15.9 Å². The van der Waals surface area contributed by atoms with Crippen molar-refractivity contribution in [2.24, 2.45) is 10.9 Å². The molecule has 0 bridgehead atoms. The summed E-state index contributed by atoms with van der Waals surface area (Å²) < 4.78 is 25.6. The van der Waals surface area contributed by atoms with Gasteiger partial charge in [-0.05, 0) is 32.4 Å². The van der Waals surface area contributed by atoms with Crippen LogP contribution in [0.1, 0.15) is 32.8 Å². The van der Waals surface area contributed by atoms with Gasteiger partial charge in [0.05, 0.1) is 4.75 Å². The number of nitrogens with zero attached hydrogens (tertiary/aromatic N) is 3. The highest BCUT2D eigenvalue weighted by atomic mass is 32.2. The van der Waals surface area contributed by atoms with E-state index < -0.39 is 14.8 Å². The van der Waals surface area contributed by atoms with Gasteiger partial charge in [-0.15, -0.1) is 0 Å². The molecule has 0 radical (unpaired) electrons. The molecule has 0 fully saturated rings. The molecular weight excluding hydrogens is 292 g/mol. The zero-order chi connectivity index (χ0) is 16.1. The van der Waals surface area contributed by atoms with Gasteiger partial charge in [-0.25, -0.2) is 8.42 Å². The van der Waals surface area contributed by atoms with Gasteiger partial charge >= 0.3 is 0 Å². The third-order valence-electron chi connectivity index (χ3n) is 2.94. The second-order valence-electron chi connectivity index (χ2n) is 5.65. The molecule has 0 saturated carbocycles. The van der Waals surface area contributed by atoms with Gasteiger partial charge in [0.25, 0.3) is 0 Å². The summed E-state index contributed by atoms with van der Waals surface area (Å²) in [6, 6.07) is 3.56. The van der Waals surface area contributed by atoms with E-state index in [1.165, 1.54) is 4.31 Å². The highest BCUT2D eigenvalue weighted by molar-refractivity contribution is 7.90. The Morgan fingerprint density at radius 1 is 1.48 bits per heavy atom. The number of sulfonamides is 1. The van der Waals surface area contributed by atoms with Gasteiger partial charge in [-0.2, -0.15) is 4.31 Å². The van der Waals surface area contributed by atoms with Crippen LogP contribution in [0, 0.1) is 0 Å². The van der Waals surface area contributed by atoms with E-state index in [-0.39, 0.29) is 25.3 Å². The zero-order valence-electron chi connectivity index (χ0n) is 12.5. The molecule has 7 nitrogen and oxygen atoms in total. The maximum Gasteiger partial charge on any atom is 0.219 e. The van der Waals surface area contributed by atoms with Crippen molar-refractivity contribution in [3.8, 4) is 0 Å². The van der Waals surface area contributed by atoms with Crippen LogP contribution >= 0.6 is 0 Å². The lowest BCUT2D eigenvalue weighted by Crippen LogP contribution is -2.43. The first kappa shape index (κ1) is 17.4. The monoisotopic (exact) mass is 314 g/mol. The van der Waals surface area contributed by atoms with Crippen molar-refractivity contribution in [2.45, 2.75) is 38.5 Å². The third kappa shape index (κ3) is 4.68. The topological polar surface area (TPSA) is 109 Å². The predicted molar refractivity (Wildman–Crippen MR) is 81.3 cm³/mol. The average Bonchev–Trinajstić information content (AvgIpc) is 2.42. The van der Waals surface area contributed by atoms with Crippen LogP contribution in [0.2, 0.25) is 0 Å². The number of hydrogen-bond donors (Lipinski definition) is 2. The summed E-state index contributed by atoms with van der Waals surface area (Å²) in [5, 5.41) is 11.5. The Morgan fingerprint density at radius 2 is 2.14 bits per heavy atom. The van der Waals surface area contributed by atoms with Crippen LogP contribution < -0.4 is 5.73 Å². The van der Waals surface area contributed by atoms with Gasteiger partial charge in [0.2, 0.25) is 10.0 Å². The fourth-order valence-electron chi connectivity index (χ4n) is 1.66. The van der Waals surface area contributed by atoms with E-state index in [9.17, 15) is 8.42 Å². The maximum atomic E-state index is 12.6. The largest absolute Gasteiger partial charge is 0.409 e. The second kappa shape index (κ2) is 6.86. The van der Waals surface area contributed by atoms with Crippen LogP contribution in [0.3, 0.4) is 0 Å². The summed E-state index contributed by atoms with van der Waals surface area (Å²) in [4.78, 5) is 3.98. The number of amidine groups is 1. The molecule has 0 aliphatic heterocycles. The number of rotatable bonds is 6. The summed E-state index contributed by atoms with van der Waals surface area (Å²) in [5.41, 5.74) is 6.22. The Balaban J connectivity index is 3.00. The second-order valence-corrected chi connectivity index (χ2v) is 8.34. The molecule has 0 amide bonds. The summed E-state index contributed by atoms with van der Waals surface area (Å²) in [6.45, 7) is 5.27. The van der Waals surface area contributed by atoms with Gasteiger partial charge in [-0.1, -0.05) is 11.2 Å². The molecule has 0 aliphatic carbocycles. The summed E-state index contributed by atoms with van der Waals surface area (Å²) in [7, 11) is -3.53. The molecule has 0 aromatic carbocycles. The Bertz CT molecular complexity index is 579. The van der Waals surface area contributed by atoms with Crippen LogP contribution in [-0.4, -0.2) is 40.0 Å². The SMILES string of the molecule is CC(C)(C)S(=O)(=O)N(CCC(N)=NO)Cc1cccnc1. The standard InChI is InChI=1S/C13H22N4O3S/c1-13(2,3)21(19,20)17(8-6-12(14)16-18)10-11-5-4-7-15-9-11/h4-5,7,9,18H,6,8,10H2,1-3H3,(H2,14,16). The molecule has 118 valence electrons. The lowest BCUT2D eigenvalue weighted by Gasteiger charge is -2.29. The van der Waals surface area contributed by atoms with Crippen molar-refractivity contribution < 1.29 is 13.6 Å². The van der Waals surface area contributed by atoms with Crippen molar-refractivity contribution in [2.75, 3.05) is 6.54 Å². The lowest BCUT2D eigenvalue weighted by molar-refractivity contribution is 0.315. The van der Waals surface area contributed by atoms with E-state index in [4.69, 9.17) is 10.9 Å². The molecule has 1 aromatic heterocycles. The van der Waals surface area contributed by atoms with E-state index in [2.05, 4.69) is 10.1 Å². The molecule has 8 heteroatoms. The summed E-state index contributed by atoms with van der Waals surface area (Å²) in [6.07, 6.45) is 3.41. The number of pyridine rings is 1. The number of oxime groups is 1. The smallest absolute Gasteiger partial charge is 0.219 e. The minimum Gasteiger partial charge on any atom is -0.409 e. The first-order chi connectivity index (χ1) is 9.68. The van der Waals surface area contributed by atoms with Gasteiger partial charge in [0.15, 0.2) is 0 Å². The Morgan fingerprint density at radius 3 is 2.62 bits per heavy atom. The highest BCUT2D eigenvalue weighted by Gasteiger charge is 2.35. The normalized spacial score (nSPS) is 13.6. The Labute approximate surface area is 125 Å². The number of aromatic nitrogens is 1. The Kier molecular flexibility index (Phi) is 5.68. The summed E-state index contributed by atoms with van der Waals surface area (Å²) >= 11 is 0. The van der Waals surface area contributed by atoms with Gasteiger partial charge < -0.3 is 10.9 Å². The zero-order valence-corrected chi connectivity index (χ0v) is 13.3. The molecule has 0 atom stereocenters. The minimum atomic E-state index is -3.53. The van der Waals surface area contributed by atoms with Crippen LogP contribution in [-0.2, 0) is 16.6 Å². The van der Waals surface area contributed by atoms with Crippen molar-refractivity contribution in [3.05, 3.63) is 30.1 Å². The van der Waals surface area contributed by atoms with Crippen LogP contribution in [0.15, 0.2) is 29.7 Å². The fraction of sp³-hybridized carbons (Fsp3) is 0.538. The first-order valence-electron chi connectivity index (χ1n) is 6.53. The molecule has 0 saturated heterocycles. The molecule has 0 unspecified atom stereocenters. The minimum absolute atomic E-state index is 0.00436. The number of nitrogens with two attached hydrogens (primary N) is 1. The van der Waals surface area contributed by atoms with E-state index >= 15 is 0 Å². The molecule has 1 aromatic rings. The van der Waals surface area contributed by atoms with Gasteiger partial charge in [0.1, 0.15) is 5.84 Å². The van der Waals surface area contributed by atoms with Crippen molar-refractivity contribution in [1.82, 2.24) is 9.29 Å². The average molecular weight is 314 g/mol. The molecular formula is C13H22N4O3S. The first-order valence-corrected chi connectivity index (χ1v) is 7.97. The quantitative estimate of drug-likeness (QED) is 0.354. The van der Waals surface area contributed by atoms with Crippen LogP contribution in [0.4, 0.5) is 0 Å². The molecule has 0 aliphatic rings. The Hall–Kier alpha value is -1.67. The van der Waals surface area contributed by atoms with Gasteiger partial charge in [-0.3, -0.25) is 4.98 Å². The molecule has 3 N–H and O–H groups in total. The highest BCUT2D eigenvalue weighted by Crippen LogP contribution is 2.22. The van der Waals surface area contributed by atoms with E-state index in [1.54, 1.807) is 39.2 Å². The molecule has 0 spiro atoms.